The Morgan fingerprint density at radius 3 is 2.91 bits per heavy atom. The largest absolute Gasteiger partial charge is 0.309 e. The van der Waals surface area contributed by atoms with Crippen molar-refractivity contribution in [2.75, 3.05) is 5.32 Å². The van der Waals surface area contributed by atoms with E-state index in [1.54, 1.807) is 48.0 Å². The minimum absolute atomic E-state index is 0.168. The van der Waals surface area contributed by atoms with Crippen molar-refractivity contribution in [2.24, 2.45) is 0 Å². The predicted molar refractivity (Wildman–Crippen MR) is 84.8 cm³/mol. The van der Waals surface area contributed by atoms with Gasteiger partial charge in [0, 0.05) is 16.9 Å². The summed E-state index contributed by atoms with van der Waals surface area (Å²) >= 11 is 3.27. The Hall–Kier alpha value is -2.48. The van der Waals surface area contributed by atoms with Gasteiger partial charge in [-0.2, -0.15) is 5.10 Å². The highest BCUT2D eigenvalue weighted by Crippen LogP contribution is 2.10. The molecule has 3 aromatic heterocycles. The smallest absolute Gasteiger partial charge is 0.291 e. The Balaban J connectivity index is 1.83. The first kappa shape index (κ1) is 14.5. The summed E-state index contributed by atoms with van der Waals surface area (Å²) in [7, 11) is 0. The van der Waals surface area contributed by atoms with Crippen LogP contribution in [-0.2, 0) is 11.3 Å². The molecule has 0 bridgehead atoms. The Kier molecular flexibility index (Phi) is 3.76. The maximum absolute atomic E-state index is 12.3. The number of carbonyl (C=O) groups is 1. The molecule has 7 nitrogen and oxygen atoms in total. The third-order valence-electron chi connectivity index (χ3n) is 3.10. The maximum Gasteiger partial charge on any atom is 0.291 e. The molecule has 0 fully saturated rings. The molecule has 0 aliphatic heterocycles. The molecule has 3 aromatic rings. The minimum atomic E-state index is -0.361. The highest BCUT2D eigenvalue weighted by Gasteiger charge is 2.11. The van der Waals surface area contributed by atoms with Crippen molar-refractivity contribution in [3.63, 3.8) is 0 Å². The van der Waals surface area contributed by atoms with Crippen LogP contribution in [0.15, 0.2) is 45.9 Å². The first-order chi connectivity index (χ1) is 10.5. The van der Waals surface area contributed by atoms with Crippen LogP contribution in [0.4, 0.5) is 5.82 Å². The van der Waals surface area contributed by atoms with Crippen molar-refractivity contribution in [2.45, 2.75) is 13.5 Å². The minimum Gasteiger partial charge on any atom is -0.309 e. The van der Waals surface area contributed by atoms with E-state index in [9.17, 15) is 9.59 Å². The quantitative estimate of drug-likeness (QED) is 0.768. The third kappa shape index (κ3) is 2.77. The number of pyridine rings is 1. The zero-order valence-electron chi connectivity index (χ0n) is 11.7. The van der Waals surface area contributed by atoms with Crippen LogP contribution in [0.25, 0.3) is 5.52 Å². The molecule has 3 rings (SSSR count). The van der Waals surface area contributed by atoms with Crippen LogP contribution in [0, 0.1) is 6.92 Å². The number of amides is 1. The summed E-state index contributed by atoms with van der Waals surface area (Å²) in [6.07, 6.45) is 3.34. The summed E-state index contributed by atoms with van der Waals surface area (Å²) in [5.41, 5.74) is 0.177. The topological polar surface area (TPSA) is 81.3 Å². The van der Waals surface area contributed by atoms with Crippen LogP contribution in [-0.4, -0.2) is 25.1 Å². The van der Waals surface area contributed by atoms with Gasteiger partial charge >= 0.3 is 0 Å². The SMILES string of the molecule is Cc1nn(CC(=O)Nc2ccc(Br)cn2)c(=O)c2cccn12. The molecule has 0 aromatic carbocycles. The van der Waals surface area contributed by atoms with Gasteiger partial charge < -0.3 is 5.32 Å². The fourth-order valence-electron chi connectivity index (χ4n) is 2.11. The van der Waals surface area contributed by atoms with E-state index in [0.717, 1.165) is 9.15 Å². The van der Waals surface area contributed by atoms with Crippen LogP contribution < -0.4 is 10.9 Å². The average Bonchev–Trinajstić information content (AvgIpc) is 2.97. The molecule has 0 atom stereocenters. The lowest BCUT2D eigenvalue weighted by atomic mass is 10.4. The number of halogens is 1. The second-order valence-electron chi connectivity index (χ2n) is 4.68. The summed E-state index contributed by atoms with van der Waals surface area (Å²) in [5, 5.41) is 6.78. The fourth-order valence-corrected chi connectivity index (χ4v) is 2.35. The lowest BCUT2D eigenvalue weighted by Gasteiger charge is -2.08. The summed E-state index contributed by atoms with van der Waals surface area (Å²) in [5.74, 6) is 0.690. The van der Waals surface area contributed by atoms with Crippen LogP contribution in [0.3, 0.4) is 0 Å². The van der Waals surface area contributed by atoms with Gasteiger partial charge in [-0.25, -0.2) is 9.67 Å². The highest BCUT2D eigenvalue weighted by atomic mass is 79.9. The Morgan fingerprint density at radius 2 is 2.18 bits per heavy atom. The number of aromatic nitrogens is 4. The Bertz CT molecular complexity index is 898. The van der Waals surface area contributed by atoms with Crippen molar-refractivity contribution in [3.8, 4) is 0 Å². The van der Waals surface area contributed by atoms with Gasteiger partial charge in [0.25, 0.3) is 5.56 Å². The van der Waals surface area contributed by atoms with E-state index in [1.807, 2.05) is 0 Å². The molecule has 3 heterocycles. The van der Waals surface area contributed by atoms with Gasteiger partial charge in [0.15, 0.2) is 0 Å². The van der Waals surface area contributed by atoms with Gasteiger partial charge in [0.1, 0.15) is 23.7 Å². The van der Waals surface area contributed by atoms with Crippen molar-refractivity contribution < 1.29 is 4.79 Å². The van der Waals surface area contributed by atoms with Gasteiger partial charge in [-0.1, -0.05) is 0 Å². The van der Waals surface area contributed by atoms with E-state index in [1.165, 1.54) is 0 Å². The molecule has 0 aliphatic carbocycles. The van der Waals surface area contributed by atoms with Crippen molar-refractivity contribution >= 4 is 33.2 Å². The molecular weight excluding hydrogens is 350 g/mol. The number of nitrogens with zero attached hydrogens (tertiary/aromatic N) is 4. The molecule has 1 N–H and O–H groups in total. The standard InChI is InChI=1S/C14H12BrN5O2/c1-9-18-20(14(22)11-3-2-6-19(9)11)8-13(21)17-12-5-4-10(15)7-16-12/h2-7H,8H2,1H3,(H,16,17,21). The van der Waals surface area contributed by atoms with Gasteiger partial charge in [-0.3, -0.25) is 14.0 Å². The molecule has 0 aliphatic rings. The van der Waals surface area contributed by atoms with Gasteiger partial charge in [-0.05, 0) is 47.1 Å². The van der Waals surface area contributed by atoms with E-state index in [0.29, 0.717) is 17.2 Å². The van der Waals surface area contributed by atoms with E-state index in [4.69, 9.17) is 0 Å². The molecular formula is C14H12BrN5O2. The lowest BCUT2D eigenvalue weighted by molar-refractivity contribution is -0.117. The van der Waals surface area contributed by atoms with Crippen LogP contribution in [0.2, 0.25) is 0 Å². The first-order valence-corrected chi connectivity index (χ1v) is 7.30. The average molecular weight is 362 g/mol. The van der Waals surface area contributed by atoms with Crippen LogP contribution in [0.1, 0.15) is 5.82 Å². The number of carbonyl (C=O) groups excluding carboxylic acids is 1. The summed E-state index contributed by atoms with van der Waals surface area (Å²) < 4.78 is 3.66. The summed E-state index contributed by atoms with van der Waals surface area (Å²) in [4.78, 5) is 28.3. The Morgan fingerprint density at radius 1 is 1.36 bits per heavy atom. The fraction of sp³-hybridized carbons (Fsp3) is 0.143. The van der Waals surface area contributed by atoms with Crippen molar-refractivity contribution in [3.05, 3.63) is 57.3 Å². The number of aryl methyl sites for hydroxylation is 1. The first-order valence-electron chi connectivity index (χ1n) is 6.51. The maximum atomic E-state index is 12.3. The number of rotatable bonds is 3. The molecule has 8 heteroatoms. The normalized spacial score (nSPS) is 10.8. The number of anilines is 1. The highest BCUT2D eigenvalue weighted by molar-refractivity contribution is 9.10. The van der Waals surface area contributed by atoms with Crippen molar-refractivity contribution in [1.29, 1.82) is 0 Å². The molecule has 112 valence electrons. The van der Waals surface area contributed by atoms with Crippen LogP contribution in [0.5, 0.6) is 0 Å². The third-order valence-corrected chi connectivity index (χ3v) is 3.57. The number of hydrogen-bond donors (Lipinski definition) is 1. The van der Waals surface area contributed by atoms with Crippen LogP contribution >= 0.6 is 15.9 Å². The monoisotopic (exact) mass is 361 g/mol. The summed E-state index contributed by atoms with van der Waals surface area (Å²) in [6.45, 7) is 1.61. The molecule has 22 heavy (non-hydrogen) atoms. The Labute approximate surface area is 133 Å². The van der Waals surface area contributed by atoms with Gasteiger partial charge in [0.2, 0.25) is 5.91 Å². The van der Waals surface area contributed by atoms with E-state index in [-0.39, 0.29) is 18.0 Å². The molecule has 0 radical (unpaired) electrons. The van der Waals surface area contributed by atoms with Gasteiger partial charge in [0.05, 0.1) is 0 Å². The van der Waals surface area contributed by atoms with E-state index in [2.05, 4.69) is 31.3 Å². The molecule has 0 saturated heterocycles. The zero-order chi connectivity index (χ0) is 15.7. The number of nitrogens with one attached hydrogen (secondary N) is 1. The molecule has 1 amide bonds. The van der Waals surface area contributed by atoms with Gasteiger partial charge in [-0.15, -0.1) is 0 Å². The summed E-state index contributed by atoms with van der Waals surface area (Å²) in [6, 6.07) is 6.90. The zero-order valence-corrected chi connectivity index (χ0v) is 13.2. The molecule has 0 spiro atoms. The molecule has 0 saturated carbocycles. The van der Waals surface area contributed by atoms with E-state index >= 15 is 0 Å². The van der Waals surface area contributed by atoms with E-state index < -0.39 is 0 Å². The second kappa shape index (κ2) is 5.72. The number of fused-ring (bicyclic) bond motifs is 1. The van der Waals surface area contributed by atoms with Crippen molar-refractivity contribution in [1.82, 2.24) is 19.2 Å². The number of hydrogen-bond acceptors (Lipinski definition) is 4. The second-order valence-corrected chi connectivity index (χ2v) is 5.60. The predicted octanol–water partition coefficient (Wildman–Crippen LogP) is 1.60. The molecule has 0 unspecified atom stereocenters. The lowest BCUT2D eigenvalue weighted by Crippen LogP contribution is -2.31.